The van der Waals surface area contributed by atoms with E-state index >= 15 is 0 Å². The third-order valence-electron chi connectivity index (χ3n) is 2.75. The molecule has 0 saturated carbocycles. The van der Waals surface area contributed by atoms with Gasteiger partial charge in [-0.2, -0.15) is 0 Å². The van der Waals surface area contributed by atoms with Crippen molar-refractivity contribution < 1.29 is 4.79 Å². The summed E-state index contributed by atoms with van der Waals surface area (Å²) >= 11 is 0. The minimum Gasteiger partial charge on any atom is -0.329 e. The number of pyridine rings is 1. The molecule has 1 heterocycles. The molecule has 1 amide bonds. The van der Waals surface area contributed by atoms with E-state index in [1.807, 2.05) is 31.2 Å². The highest BCUT2D eigenvalue weighted by atomic mass is 16.2. The van der Waals surface area contributed by atoms with Crippen LogP contribution in [0.25, 0.3) is 0 Å². The zero-order valence-corrected chi connectivity index (χ0v) is 10.3. The maximum atomic E-state index is 12.2. The zero-order chi connectivity index (χ0) is 13.1. The van der Waals surface area contributed by atoms with Crippen molar-refractivity contribution in [1.82, 2.24) is 4.98 Å². The van der Waals surface area contributed by atoms with E-state index in [1.54, 1.807) is 13.1 Å². The Morgan fingerprint density at radius 2 is 1.83 bits per heavy atom. The van der Waals surface area contributed by atoms with E-state index in [0.717, 1.165) is 11.3 Å². The quantitative estimate of drug-likeness (QED) is 0.875. The van der Waals surface area contributed by atoms with E-state index < -0.39 is 0 Å². The van der Waals surface area contributed by atoms with E-state index in [4.69, 9.17) is 0 Å². The molecule has 2 rings (SSSR count). The van der Waals surface area contributed by atoms with Gasteiger partial charge in [0.15, 0.2) is 0 Å². The fourth-order valence-corrected chi connectivity index (χ4v) is 1.66. The highest BCUT2D eigenvalue weighted by Gasteiger charge is 2.13. The lowest BCUT2D eigenvalue weighted by Gasteiger charge is -2.17. The first-order chi connectivity index (χ1) is 8.58. The van der Waals surface area contributed by atoms with Crippen LogP contribution in [0.4, 0.5) is 5.69 Å². The number of aromatic nitrogens is 1. The molecule has 1 aromatic carbocycles. The van der Waals surface area contributed by atoms with Gasteiger partial charge in [-0.25, -0.2) is 0 Å². The summed E-state index contributed by atoms with van der Waals surface area (Å²) in [7, 11) is 1.69. The normalized spacial score (nSPS) is 10.1. The number of nitrogens with zero attached hydrogens (tertiary/aromatic N) is 1. The van der Waals surface area contributed by atoms with Gasteiger partial charge in [0.25, 0.3) is 5.91 Å². The first kappa shape index (κ1) is 12.1. The second-order valence-corrected chi connectivity index (χ2v) is 4.14. The molecule has 0 radical (unpaired) electrons. The average Bonchev–Trinajstić information content (AvgIpc) is 2.38. The van der Waals surface area contributed by atoms with Crippen molar-refractivity contribution >= 4 is 11.6 Å². The number of aryl methyl sites for hydroxylation is 1. The molecule has 92 valence electrons. The first-order valence-corrected chi connectivity index (χ1v) is 5.61. The average molecular weight is 242 g/mol. The molecule has 4 nitrogen and oxygen atoms in total. The molecule has 0 aliphatic heterocycles. The summed E-state index contributed by atoms with van der Waals surface area (Å²) in [5.74, 6) is -0.204. The summed E-state index contributed by atoms with van der Waals surface area (Å²) < 4.78 is 0. The van der Waals surface area contributed by atoms with Gasteiger partial charge in [0.2, 0.25) is 5.56 Å². The van der Waals surface area contributed by atoms with Crippen LogP contribution in [0.1, 0.15) is 15.9 Å². The molecule has 4 heteroatoms. The van der Waals surface area contributed by atoms with Crippen LogP contribution < -0.4 is 10.5 Å². The lowest BCUT2D eigenvalue weighted by atomic mass is 10.2. The molecule has 0 saturated heterocycles. The van der Waals surface area contributed by atoms with E-state index in [-0.39, 0.29) is 11.5 Å². The van der Waals surface area contributed by atoms with Gasteiger partial charge < -0.3 is 9.88 Å². The maximum Gasteiger partial charge on any atom is 0.258 e. The summed E-state index contributed by atoms with van der Waals surface area (Å²) in [6.45, 7) is 1.99. The SMILES string of the molecule is Cc1ccc(N(C)C(=O)c2cc[nH]c(=O)c2)cc1. The van der Waals surface area contributed by atoms with E-state index in [9.17, 15) is 9.59 Å². The van der Waals surface area contributed by atoms with Gasteiger partial charge in [-0.15, -0.1) is 0 Å². The Morgan fingerprint density at radius 3 is 2.44 bits per heavy atom. The van der Waals surface area contributed by atoms with Crippen LogP contribution in [0.3, 0.4) is 0 Å². The van der Waals surface area contributed by atoms with Crippen molar-refractivity contribution in [1.29, 1.82) is 0 Å². The predicted octanol–water partition coefficient (Wildman–Crippen LogP) is 1.96. The van der Waals surface area contributed by atoms with Gasteiger partial charge >= 0.3 is 0 Å². The number of aromatic amines is 1. The number of carbonyl (C=O) groups excluding carboxylic acids is 1. The van der Waals surface area contributed by atoms with E-state index in [0.29, 0.717) is 5.56 Å². The minimum absolute atomic E-state index is 0.204. The maximum absolute atomic E-state index is 12.2. The largest absolute Gasteiger partial charge is 0.329 e. The molecular formula is C14H14N2O2. The number of nitrogens with one attached hydrogen (secondary N) is 1. The van der Waals surface area contributed by atoms with Crippen LogP contribution in [-0.4, -0.2) is 17.9 Å². The Labute approximate surface area is 105 Å². The van der Waals surface area contributed by atoms with Crippen LogP contribution in [0.2, 0.25) is 0 Å². The summed E-state index contributed by atoms with van der Waals surface area (Å²) in [6, 6.07) is 10.5. The summed E-state index contributed by atoms with van der Waals surface area (Å²) in [6.07, 6.45) is 1.47. The van der Waals surface area contributed by atoms with Crippen LogP contribution in [0, 0.1) is 6.92 Å². The molecule has 0 fully saturated rings. The molecule has 18 heavy (non-hydrogen) atoms. The molecule has 0 aliphatic carbocycles. The van der Waals surface area contributed by atoms with Gasteiger partial charge in [-0.3, -0.25) is 9.59 Å². The lowest BCUT2D eigenvalue weighted by molar-refractivity contribution is 0.0993. The fourth-order valence-electron chi connectivity index (χ4n) is 1.66. The Balaban J connectivity index is 2.29. The summed E-state index contributed by atoms with van der Waals surface area (Å²) in [5, 5.41) is 0. The molecule has 0 spiro atoms. The number of benzene rings is 1. The number of rotatable bonds is 2. The second kappa shape index (κ2) is 4.87. The van der Waals surface area contributed by atoms with Gasteiger partial charge in [-0.05, 0) is 25.1 Å². The van der Waals surface area contributed by atoms with Crippen LogP contribution in [0.5, 0.6) is 0 Å². The number of amides is 1. The standard InChI is InChI=1S/C14H14N2O2/c1-10-3-5-12(6-4-10)16(2)14(18)11-7-8-15-13(17)9-11/h3-9H,1-2H3,(H,15,17). The number of hydrogen-bond donors (Lipinski definition) is 1. The third kappa shape index (κ3) is 2.48. The van der Waals surface area contributed by atoms with Crippen LogP contribution >= 0.6 is 0 Å². The molecule has 1 N–H and O–H groups in total. The molecule has 0 atom stereocenters. The first-order valence-electron chi connectivity index (χ1n) is 5.61. The highest BCUT2D eigenvalue weighted by molar-refractivity contribution is 6.05. The zero-order valence-electron chi connectivity index (χ0n) is 10.3. The molecular weight excluding hydrogens is 228 g/mol. The van der Waals surface area contributed by atoms with Crippen molar-refractivity contribution in [3.05, 3.63) is 64.1 Å². The Morgan fingerprint density at radius 1 is 1.17 bits per heavy atom. The van der Waals surface area contributed by atoms with Gasteiger partial charge in [0.1, 0.15) is 0 Å². The van der Waals surface area contributed by atoms with Crippen molar-refractivity contribution in [2.24, 2.45) is 0 Å². The third-order valence-corrected chi connectivity index (χ3v) is 2.75. The number of hydrogen-bond acceptors (Lipinski definition) is 2. The van der Waals surface area contributed by atoms with Crippen molar-refractivity contribution in [3.63, 3.8) is 0 Å². The molecule has 0 bridgehead atoms. The summed E-state index contributed by atoms with van der Waals surface area (Å²) in [5.41, 5.74) is 2.03. The fraction of sp³-hybridized carbons (Fsp3) is 0.143. The molecule has 1 aromatic heterocycles. The number of carbonyl (C=O) groups is 1. The smallest absolute Gasteiger partial charge is 0.258 e. The molecule has 0 unspecified atom stereocenters. The lowest BCUT2D eigenvalue weighted by Crippen LogP contribution is -2.27. The van der Waals surface area contributed by atoms with E-state index in [1.165, 1.54) is 17.2 Å². The van der Waals surface area contributed by atoms with Gasteiger partial charge in [0.05, 0.1) is 0 Å². The highest BCUT2D eigenvalue weighted by Crippen LogP contribution is 2.15. The monoisotopic (exact) mass is 242 g/mol. The topological polar surface area (TPSA) is 53.2 Å². The van der Waals surface area contributed by atoms with Gasteiger partial charge in [0, 0.05) is 30.6 Å². The van der Waals surface area contributed by atoms with Crippen LogP contribution in [0.15, 0.2) is 47.4 Å². The Bertz CT molecular complexity index is 614. The summed E-state index contributed by atoms with van der Waals surface area (Å²) in [4.78, 5) is 27.3. The number of H-pyrrole nitrogens is 1. The Kier molecular flexibility index (Phi) is 3.28. The van der Waals surface area contributed by atoms with Crippen molar-refractivity contribution in [2.45, 2.75) is 6.92 Å². The second-order valence-electron chi connectivity index (χ2n) is 4.14. The van der Waals surface area contributed by atoms with Crippen LogP contribution in [-0.2, 0) is 0 Å². The Hall–Kier alpha value is -2.36. The predicted molar refractivity (Wildman–Crippen MR) is 71.0 cm³/mol. The van der Waals surface area contributed by atoms with Crippen molar-refractivity contribution in [2.75, 3.05) is 11.9 Å². The number of anilines is 1. The molecule has 0 aliphatic rings. The van der Waals surface area contributed by atoms with E-state index in [2.05, 4.69) is 4.98 Å². The van der Waals surface area contributed by atoms with Gasteiger partial charge in [-0.1, -0.05) is 17.7 Å². The molecule has 2 aromatic rings. The minimum atomic E-state index is -0.279. The van der Waals surface area contributed by atoms with Crippen molar-refractivity contribution in [3.8, 4) is 0 Å².